The third-order valence-corrected chi connectivity index (χ3v) is 8.25. The number of carbonyl (C=O) groups is 3. The van der Waals surface area contributed by atoms with Crippen LogP contribution in [0.1, 0.15) is 48.9 Å². The molecule has 0 saturated carbocycles. The molecular formula is C24H24FN3O5S. The summed E-state index contributed by atoms with van der Waals surface area (Å²) in [7, 11) is -4.02. The van der Waals surface area contributed by atoms with Gasteiger partial charge in [0.2, 0.25) is 11.8 Å². The number of fused-ring (bicyclic) bond motifs is 2. The Morgan fingerprint density at radius 3 is 2.21 bits per heavy atom. The normalized spacial score (nSPS) is 24.6. The molecule has 1 N–H and O–H groups in total. The van der Waals surface area contributed by atoms with E-state index in [1.54, 1.807) is 12.1 Å². The lowest BCUT2D eigenvalue weighted by Gasteiger charge is -2.41. The van der Waals surface area contributed by atoms with Gasteiger partial charge in [-0.3, -0.25) is 24.0 Å². The molecule has 0 radical (unpaired) electrons. The number of anilines is 1. The molecular weight excluding hydrogens is 461 g/mol. The minimum absolute atomic E-state index is 0.0786. The van der Waals surface area contributed by atoms with Crippen molar-refractivity contribution >= 4 is 33.4 Å². The maximum Gasteiger partial charge on any atom is 0.261 e. The van der Waals surface area contributed by atoms with Crippen LogP contribution in [0, 0.1) is 5.82 Å². The van der Waals surface area contributed by atoms with Crippen molar-refractivity contribution in [3.63, 3.8) is 0 Å². The van der Waals surface area contributed by atoms with Gasteiger partial charge in [0.15, 0.2) is 0 Å². The summed E-state index contributed by atoms with van der Waals surface area (Å²) >= 11 is 0. The fraction of sp³-hybridized carbons (Fsp3) is 0.375. The van der Waals surface area contributed by atoms with Gasteiger partial charge in [0, 0.05) is 42.2 Å². The Kier molecular flexibility index (Phi) is 5.63. The fourth-order valence-corrected chi connectivity index (χ4v) is 6.49. The first kappa shape index (κ1) is 22.5. The zero-order valence-electron chi connectivity index (χ0n) is 18.3. The van der Waals surface area contributed by atoms with Gasteiger partial charge in [0.1, 0.15) is 5.82 Å². The summed E-state index contributed by atoms with van der Waals surface area (Å²) < 4.78 is 41.1. The van der Waals surface area contributed by atoms with Crippen LogP contribution in [-0.2, 0) is 19.6 Å². The van der Waals surface area contributed by atoms with Gasteiger partial charge in [0.05, 0.1) is 4.90 Å². The molecule has 3 aliphatic rings. The third-order valence-electron chi connectivity index (χ3n) is 6.87. The number of hydrogen-bond acceptors (Lipinski definition) is 5. The third kappa shape index (κ3) is 4.06. The van der Waals surface area contributed by atoms with Gasteiger partial charge in [-0.25, -0.2) is 12.8 Å². The lowest BCUT2D eigenvalue weighted by molar-refractivity contribution is -0.142. The lowest BCUT2D eigenvalue weighted by atomic mass is 9.95. The first-order chi connectivity index (χ1) is 16.2. The largest absolute Gasteiger partial charge is 0.333 e. The summed E-state index contributed by atoms with van der Waals surface area (Å²) in [5.41, 5.74) is 0.536. The van der Waals surface area contributed by atoms with E-state index in [2.05, 4.69) is 4.72 Å². The molecule has 3 amide bonds. The number of nitrogens with zero attached hydrogens (tertiary/aromatic N) is 2. The second-order valence-corrected chi connectivity index (χ2v) is 10.7. The standard InChI is InChI=1S/C24H24FN3O5S/c25-16-4-2-6-21(12-16)34(32,33)26-17-5-1-3-15(11-17)24(31)27-18-7-8-19(27)14-20(13-18)28-22(29)9-10-23(28)30/h1-6,11-12,18-20,26H,7-10,13-14H2. The van der Waals surface area contributed by atoms with Crippen molar-refractivity contribution in [3.05, 3.63) is 59.9 Å². The van der Waals surface area contributed by atoms with E-state index < -0.39 is 15.8 Å². The van der Waals surface area contributed by atoms with Crippen molar-refractivity contribution in [1.29, 1.82) is 0 Å². The van der Waals surface area contributed by atoms with Gasteiger partial charge in [-0.15, -0.1) is 0 Å². The van der Waals surface area contributed by atoms with Crippen LogP contribution >= 0.6 is 0 Å². The van der Waals surface area contributed by atoms with E-state index in [9.17, 15) is 27.2 Å². The second kappa shape index (κ2) is 8.50. The van der Waals surface area contributed by atoms with Gasteiger partial charge in [-0.1, -0.05) is 12.1 Å². The quantitative estimate of drug-likeness (QED) is 0.656. The van der Waals surface area contributed by atoms with Crippen LogP contribution < -0.4 is 4.72 Å². The Morgan fingerprint density at radius 1 is 0.912 bits per heavy atom. The van der Waals surface area contributed by atoms with Crippen LogP contribution in [0.4, 0.5) is 10.1 Å². The summed E-state index contributed by atoms with van der Waals surface area (Å²) in [4.78, 5) is 40.8. The number of nitrogens with one attached hydrogen (secondary N) is 1. The van der Waals surface area contributed by atoms with Crippen molar-refractivity contribution in [1.82, 2.24) is 9.80 Å². The van der Waals surface area contributed by atoms with Gasteiger partial charge in [-0.2, -0.15) is 0 Å². The minimum Gasteiger partial charge on any atom is -0.333 e. The number of carbonyl (C=O) groups excluding carboxylic acids is 3. The Morgan fingerprint density at radius 2 is 1.56 bits per heavy atom. The molecule has 2 aromatic carbocycles. The maximum atomic E-state index is 13.5. The smallest absolute Gasteiger partial charge is 0.261 e. The molecule has 0 aliphatic carbocycles. The summed E-state index contributed by atoms with van der Waals surface area (Å²) in [6, 6.07) is 10.6. The van der Waals surface area contributed by atoms with Crippen molar-refractivity contribution in [2.45, 2.75) is 61.5 Å². The van der Waals surface area contributed by atoms with E-state index >= 15 is 0 Å². The highest BCUT2D eigenvalue weighted by molar-refractivity contribution is 7.92. The number of piperidine rings is 1. The molecule has 3 heterocycles. The van der Waals surface area contributed by atoms with Crippen LogP contribution in [0.2, 0.25) is 0 Å². The van der Waals surface area contributed by atoms with E-state index in [-0.39, 0.29) is 59.3 Å². The number of sulfonamides is 1. The highest BCUT2D eigenvalue weighted by atomic mass is 32.2. The van der Waals surface area contributed by atoms with Crippen molar-refractivity contribution < 1.29 is 27.2 Å². The first-order valence-electron chi connectivity index (χ1n) is 11.3. The Bertz CT molecular complexity index is 1250. The van der Waals surface area contributed by atoms with Crippen LogP contribution in [0.5, 0.6) is 0 Å². The van der Waals surface area contributed by atoms with E-state index in [0.29, 0.717) is 18.4 Å². The van der Waals surface area contributed by atoms with E-state index in [0.717, 1.165) is 25.0 Å². The Labute approximate surface area is 196 Å². The summed E-state index contributed by atoms with van der Waals surface area (Å²) in [6.45, 7) is 0. The predicted molar refractivity (Wildman–Crippen MR) is 121 cm³/mol. The summed E-state index contributed by atoms with van der Waals surface area (Å²) in [6.07, 6.45) is 3.23. The van der Waals surface area contributed by atoms with Crippen LogP contribution in [0.25, 0.3) is 0 Å². The fourth-order valence-electron chi connectivity index (χ4n) is 5.40. The Balaban J connectivity index is 1.33. The molecule has 2 bridgehead atoms. The minimum atomic E-state index is -4.02. The average molecular weight is 486 g/mol. The number of benzene rings is 2. The maximum absolute atomic E-state index is 13.5. The molecule has 10 heteroatoms. The first-order valence-corrected chi connectivity index (χ1v) is 12.8. The molecule has 178 valence electrons. The predicted octanol–water partition coefficient (Wildman–Crippen LogP) is 2.91. The zero-order valence-corrected chi connectivity index (χ0v) is 19.1. The molecule has 8 nitrogen and oxygen atoms in total. The molecule has 3 saturated heterocycles. The van der Waals surface area contributed by atoms with Crippen LogP contribution in [0.3, 0.4) is 0 Å². The molecule has 5 rings (SSSR count). The van der Waals surface area contributed by atoms with Gasteiger partial charge in [-0.05, 0) is 62.1 Å². The molecule has 0 spiro atoms. The highest BCUT2D eigenvalue weighted by Crippen LogP contribution is 2.40. The monoisotopic (exact) mass is 485 g/mol. The highest BCUT2D eigenvalue weighted by Gasteiger charge is 2.47. The number of likely N-dealkylation sites (tertiary alicyclic amines) is 1. The van der Waals surface area contributed by atoms with Gasteiger partial charge < -0.3 is 4.90 Å². The number of amides is 3. The zero-order chi connectivity index (χ0) is 24.0. The molecule has 3 fully saturated rings. The topological polar surface area (TPSA) is 104 Å². The Hall–Kier alpha value is -3.27. The molecule has 34 heavy (non-hydrogen) atoms. The summed E-state index contributed by atoms with van der Waals surface area (Å²) in [5.74, 6) is -1.14. The SMILES string of the molecule is O=C1CCC(=O)N1C1CC2CCC(C1)N2C(=O)c1cccc(NS(=O)(=O)c2cccc(F)c2)c1. The molecule has 0 aromatic heterocycles. The number of halogens is 1. The van der Waals surface area contributed by atoms with Crippen LogP contribution in [-0.4, -0.2) is 54.1 Å². The van der Waals surface area contributed by atoms with E-state index in [1.165, 1.54) is 29.2 Å². The molecule has 3 aliphatic heterocycles. The molecule has 2 unspecified atom stereocenters. The van der Waals surface area contributed by atoms with Gasteiger partial charge >= 0.3 is 0 Å². The van der Waals surface area contributed by atoms with E-state index in [4.69, 9.17) is 0 Å². The van der Waals surface area contributed by atoms with Gasteiger partial charge in [0.25, 0.3) is 15.9 Å². The molecule has 2 atom stereocenters. The molecule has 2 aromatic rings. The van der Waals surface area contributed by atoms with E-state index in [1.807, 2.05) is 4.90 Å². The van der Waals surface area contributed by atoms with Crippen molar-refractivity contribution in [2.24, 2.45) is 0 Å². The van der Waals surface area contributed by atoms with Crippen molar-refractivity contribution in [3.8, 4) is 0 Å². The summed E-state index contributed by atoms with van der Waals surface area (Å²) in [5, 5.41) is 0. The van der Waals surface area contributed by atoms with Crippen molar-refractivity contribution in [2.75, 3.05) is 4.72 Å². The van der Waals surface area contributed by atoms with Crippen LogP contribution in [0.15, 0.2) is 53.4 Å². The second-order valence-electron chi connectivity index (χ2n) is 9.02. The number of hydrogen-bond donors (Lipinski definition) is 1. The average Bonchev–Trinajstić information content (AvgIpc) is 3.27. The lowest BCUT2D eigenvalue weighted by Crippen LogP contribution is -2.53. The number of imide groups is 1. The number of rotatable bonds is 5.